The van der Waals surface area contributed by atoms with Gasteiger partial charge < -0.3 is 9.47 Å². The van der Waals surface area contributed by atoms with Crippen molar-refractivity contribution in [1.29, 1.82) is 0 Å². The second-order valence-electron chi connectivity index (χ2n) is 4.00. The van der Waals surface area contributed by atoms with Gasteiger partial charge >= 0.3 is 5.97 Å². The van der Waals surface area contributed by atoms with Gasteiger partial charge in [-0.15, -0.1) is 11.3 Å². The number of ether oxygens (including phenoxy) is 2. The van der Waals surface area contributed by atoms with E-state index in [9.17, 15) is 4.79 Å². The molecule has 5 nitrogen and oxygen atoms in total. The second-order valence-corrected chi connectivity index (χ2v) is 4.72. The average Bonchev–Trinajstić information content (AvgIpc) is 2.83. The molecule has 0 aromatic carbocycles. The van der Waals surface area contributed by atoms with E-state index in [0.29, 0.717) is 5.69 Å². The minimum absolute atomic E-state index is 0.123. The first-order chi connectivity index (χ1) is 8.25. The molecule has 1 unspecified atom stereocenters. The molecule has 1 fully saturated rings. The van der Waals surface area contributed by atoms with Crippen molar-refractivity contribution < 1.29 is 14.3 Å². The maximum absolute atomic E-state index is 11.6. The van der Waals surface area contributed by atoms with E-state index in [1.54, 1.807) is 10.9 Å². The second kappa shape index (κ2) is 6.09. The summed E-state index contributed by atoms with van der Waals surface area (Å²) >= 11 is 1.39. The molecule has 0 N–H and O–H groups in total. The van der Waals surface area contributed by atoms with Crippen molar-refractivity contribution >= 4 is 17.3 Å². The van der Waals surface area contributed by atoms with Crippen molar-refractivity contribution in [2.45, 2.75) is 13.0 Å². The monoisotopic (exact) mass is 256 g/mol. The van der Waals surface area contributed by atoms with Crippen molar-refractivity contribution in [1.82, 2.24) is 9.88 Å². The Hall–Kier alpha value is -0.980. The number of morpholine rings is 1. The Morgan fingerprint density at radius 3 is 3.06 bits per heavy atom. The van der Waals surface area contributed by atoms with Crippen LogP contribution >= 0.6 is 11.3 Å². The van der Waals surface area contributed by atoms with Crippen molar-refractivity contribution in [3.63, 3.8) is 0 Å². The van der Waals surface area contributed by atoms with E-state index >= 15 is 0 Å². The van der Waals surface area contributed by atoms with Crippen LogP contribution in [0.4, 0.5) is 0 Å². The Labute approximate surface area is 104 Å². The molecule has 1 aromatic rings. The normalized spacial score (nSPS) is 18.9. The molecular weight excluding hydrogens is 240 g/mol. The highest BCUT2D eigenvalue weighted by molar-refractivity contribution is 7.07. The summed E-state index contributed by atoms with van der Waals surface area (Å²) in [6.07, 6.45) is -0.123. The predicted molar refractivity (Wildman–Crippen MR) is 64.3 cm³/mol. The molecule has 2 heterocycles. The Balaban J connectivity index is 1.76. The topological polar surface area (TPSA) is 51.7 Å². The molecule has 0 aliphatic carbocycles. The average molecular weight is 256 g/mol. The van der Waals surface area contributed by atoms with E-state index in [4.69, 9.17) is 9.47 Å². The molecule has 2 rings (SSSR count). The van der Waals surface area contributed by atoms with E-state index < -0.39 is 0 Å². The summed E-state index contributed by atoms with van der Waals surface area (Å²) in [5, 5.41) is 1.70. The molecule has 0 saturated carbocycles. The van der Waals surface area contributed by atoms with E-state index in [-0.39, 0.29) is 12.1 Å². The Bertz CT molecular complexity index is 350. The fraction of sp³-hybridized carbons (Fsp3) is 0.636. The van der Waals surface area contributed by atoms with Gasteiger partial charge in [0, 0.05) is 25.0 Å². The van der Waals surface area contributed by atoms with Crippen LogP contribution in [0.3, 0.4) is 0 Å². The molecule has 1 aromatic heterocycles. The molecule has 1 atom stereocenters. The first-order valence-electron chi connectivity index (χ1n) is 5.65. The van der Waals surface area contributed by atoms with Crippen LogP contribution in [0.1, 0.15) is 17.4 Å². The highest BCUT2D eigenvalue weighted by atomic mass is 32.1. The molecule has 0 spiro atoms. The van der Waals surface area contributed by atoms with Crippen LogP contribution in [0, 0.1) is 0 Å². The van der Waals surface area contributed by atoms with Crippen molar-refractivity contribution in [2.75, 3.05) is 32.8 Å². The number of rotatable bonds is 4. The molecule has 0 bridgehead atoms. The molecule has 1 aliphatic rings. The Kier molecular flexibility index (Phi) is 4.47. The molecule has 0 amide bonds. The maximum Gasteiger partial charge on any atom is 0.358 e. The highest BCUT2D eigenvalue weighted by Crippen LogP contribution is 2.07. The van der Waals surface area contributed by atoms with E-state index in [1.807, 2.05) is 6.92 Å². The van der Waals surface area contributed by atoms with Gasteiger partial charge in [0.25, 0.3) is 0 Å². The molecule has 1 aliphatic heterocycles. The molecule has 1 saturated heterocycles. The first-order valence-corrected chi connectivity index (χ1v) is 6.59. The van der Waals surface area contributed by atoms with Crippen LogP contribution in [0.15, 0.2) is 10.9 Å². The number of thiazole rings is 1. The van der Waals surface area contributed by atoms with Crippen LogP contribution in [-0.2, 0) is 9.47 Å². The number of hydrogen-bond acceptors (Lipinski definition) is 6. The quantitative estimate of drug-likeness (QED) is 0.753. The summed E-state index contributed by atoms with van der Waals surface area (Å²) in [6.45, 7) is 5.97. The summed E-state index contributed by atoms with van der Waals surface area (Å²) < 4.78 is 10.6. The van der Waals surface area contributed by atoms with Gasteiger partial charge in [-0.05, 0) is 6.92 Å². The van der Waals surface area contributed by atoms with Gasteiger partial charge in [-0.25, -0.2) is 9.78 Å². The predicted octanol–water partition coefficient (Wildman–Crippen LogP) is 1.02. The molecule has 6 heteroatoms. The number of esters is 1. The minimum atomic E-state index is -0.341. The lowest BCUT2D eigenvalue weighted by atomic mass is 10.3. The van der Waals surface area contributed by atoms with Crippen LogP contribution in [0.25, 0.3) is 0 Å². The third-order valence-corrected chi connectivity index (χ3v) is 3.16. The third-order valence-electron chi connectivity index (χ3n) is 2.57. The lowest BCUT2D eigenvalue weighted by Gasteiger charge is -2.28. The van der Waals surface area contributed by atoms with Gasteiger partial charge in [-0.2, -0.15) is 0 Å². The molecule has 94 valence electrons. The van der Waals surface area contributed by atoms with Gasteiger partial charge in [0.05, 0.1) is 18.7 Å². The Morgan fingerprint density at radius 1 is 1.65 bits per heavy atom. The zero-order valence-electron chi connectivity index (χ0n) is 9.80. The van der Waals surface area contributed by atoms with Crippen LogP contribution in [-0.4, -0.2) is 54.8 Å². The first kappa shape index (κ1) is 12.5. The lowest BCUT2D eigenvalue weighted by Crippen LogP contribution is -2.41. The van der Waals surface area contributed by atoms with E-state index in [1.165, 1.54) is 11.3 Å². The van der Waals surface area contributed by atoms with Crippen molar-refractivity contribution in [3.05, 3.63) is 16.6 Å². The van der Waals surface area contributed by atoms with E-state index in [2.05, 4.69) is 9.88 Å². The summed E-state index contributed by atoms with van der Waals surface area (Å²) in [5.74, 6) is -0.341. The van der Waals surface area contributed by atoms with Crippen molar-refractivity contribution in [2.24, 2.45) is 0 Å². The zero-order valence-corrected chi connectivity index (χ0v) is 10.6. The molecule has 0 radical (unpaired) electrons. The minimum Gasteiger partial charge on any atom is -0.457 e. The van der Waals surface area contributed by atoms with Gasteiger partial charge in [0.2, 0.25) is 0 Å². The summed E-state index contributed by atoms with van der Waals surface area (Å²) in [6, 6.07) is 0. The fourth-order valence-electron chi connectivity index (χ4n) is 1.74. The summed E-state index contributed by atoms with van der Waals surface area (Å²) in [7, 11) is 0. The number of nitrogens with zero attached hydrogens (tertiary/aromatic N) is 2. The third kappa shape index (κ3) is 3.76. The summed E-state index contributed by atoms with van der Waals surface area (Å²) in [5.41, 5.74) is 2.02. The van der Waals surface area contributed by atoms with Crippen LogP contribution in [0.5, 0.6) is 0 Å². The van der Waals surface area contributed by atoms with Gasteiger partial charge in [0.1, 0.15) is 6.10 Å². The number of hydrogen-bond donors (Lipinski definition) is 0. The zero-order chi connectivity index (χ0) is 12.1. The SMILES string of the molecule is CC(CN1CCOCC1)OC(=O)c1cscn1. The standard InChI is InChI=1S/C11H16N2O3S/c1-9(6-13-2-4-15-5-3-13)16-11(14)10-7-17-8-12-10/h7-9H,2-6H2,1H3. The van der Waals surface area contributed by atoms with Crippen molar-refractivity contribution in [3.8, 4) is 0 Å². The van der Waals surface area contributed by atoms with Gasteiger partial charge in [0.15, 0.2) is 5.69 Å². The molecule has 17 heavy (non-hydrogen) atoms. The largest absolute Gasteiger partial charge is 0.457 e. The van der Waals surface area contributed by atoms with Crippen LogP contribution < -0.4 is 0 Å². The lowest BCUT2D eigenvalue weighted by molar-refractivity contribution is 0.000161. The van der Waals surface area contributed by atoms with Gasteiger partial charge in [-0.3, -0.25) is 4.90 Å². The smallest absolute Gasteiger partial charge is 0.358 e. The highest BCUT2D eigenvalue weighted by Gasteiger charge is 2.18. The molecular formula is C11H16N2O3S. The maximum atomic E-state index is 11.6. The van der Waals surface area contributed by atoms with Crippen LogP contribution in [0.2, 0.25) is 0 Å². The Morgan fingerprint density at radius 2 is 2.41 bits per heavy atom. The number of carbonyl (C=O) groups is 1. The number of carbonyl (C=O) groups excluding carboxylic acids is 1. The van der Waals surface area contributed by atoms with E-state index in [0.717, 1.165) is 32.8 Å². The van der Waals surface area contributed by atoms with Gasteiger partial charge in [-0.1, -0.05) is 0 Å². The fourth-order valence-corrected chi connectivity index (χ4v) is 2.26. The summed E-state index contributed by atoms with van der Waals surface area (Å²) in [4.78, 5) is 17.8. The number of aromatic nitrogens is 1.